The van der Waals surface area contributed by atoms with Crippen LogP contribution in [-0.2, 0) is 0 Å². The molecule has 0 aliphatic carbocycles. The van der Waals surface area contributed by atoms with Gasteiger partial charge in [-0.15, -0.1) is 34.0 Å². The van der Waals surface area contributed by atoms with Crippen molar-refractivity contribution in [2.24, 2.45) is 0 Å². The van der Waals surface area contributed by atoms with Gasteiger partial charge in [0.05, 0.1) is 14.9 Å². The summed E-state index contributed by atoms with van der Waals surface area (Å²) in [4.78, 5) is 5.19. The topological polar surface area (TPSA) is 12.9 Å². The van der Waals surface area contributed by atoms with Crippen LogP contribution in [0, 0.1) is 0 Å². The van der Waals surface area contributed by atoms with Gasteiger partial charge in [0.25, 0.3) is 0 Å². The zero-order valence-corrected chi connectivity index (χ0v) is 17.6. The standard InChI is InChI=1S/C25H13NS3/c1-2-8-14(9-3-1)25-26-21-19-15-10-4-6-12-17(15)27-22(19)20-16-11-5-7-13-18(16)28-23(20)24(21)29-25/h1-13H. The maximum absolute atomic E-state index is 5.19. The molecule has 0 aliphatic heterocycles. The van der Waals surface area contributed by atoms with E-state index in [0.29, 0.717) is 0 Å². The molecule has 0 saturated carbocycles. The van der Waals surface area contributed by atoms with Crippen LogP contribution in [0.3, 0.4) is 0 Å². The highest BCUT2D eigenvalue weighted by Crippen LogP contribution is 2.50. The molecule has 0 bridgehead atoms. The van der Waals surface area contributed by atoms with E-state index in [9.17, 15) is 0 Å². The minimum Gasteiger partial charge on any atom is -0.235 e. The molecular weight excluding hydrogens is 410 g/mol. The van der Waals surface area contributed by atoms with Gasteiger partial charge in [-0.2, -0.15) is 0 Å². The Balaban J connectivity index is 1.78. The fourth-order valence-electron chi connectivity index (χ4n) is 4.24. The first-order chi connectivity index (χ1) is 14.4. The summed E-state index contributed by atoms with van der Waals surface area (Å²) in [5.74, 6) is 0. The van der Waals surface area contributed by atoms with E-state index in [2.05, 4.69) is 78.9 Å². The van der Waals surface area contributed by atoms with E-state index in [-0.39, 0.29) is 0 Å². The Hall–Kier alpha value is -2.79. The van der Waals surface area contributed by atoms with E-state index in [1.54, 1.807) is 0 Å². The molecule has 136 valence electrons. The molecule has 0 aliphatic rings. The highest BCUT2D eigenvalue weighted by molar-refractivity contribution is 7.34. The number of nitrogens with zero attached hydrogens (tertiary/aromatic N) is 1. The molecule has 7 aromatic rings. The van der Waals surface area contributed by atoms with Gasteiger partial charge < -0.3 is 0 Å². The van der Waals surface area contributed by atoms with E-state index in [1.165, 1.54) is 50.6 Å². The first-order valence-corrected chi connectivity index (χ1v) is 11.9. The molecule has 0 atom stereocenters. The average Bonchev–Trinajstić information content (AvgIpc) is 3.46. The summed E-state index contributed by atoms with van der Waals surface area (Å²) in [6, 6.07) is 28.1. The normalized spacial score (nSPS) is 12.1. The lowest BCUT2D eigenvalue weighted by atomic mass is 10.1. The van der Waals surface area contributed by atoms with Gasteiger partial charge in [0.2, 0.25) is 0 Å². The fraction of sp³-hybridized carbons (Fsp3) is 0. The predicted octanol–water partition coefficient (Wildman–Crippen LogP) is 8.70. The van der Waals surface area contributed by atoms with Gasteiger partial charge in [0, 0.05) is 41.2 Å². The Morgan fingerprint density at radius 1 is 0.517 bits per heavy atom. The molecule has 0 N–H and O–H groups in total. The van der Waals surface area contributed by atoms with Gasteiger partial charge >= 0.3 is 0 Å². The van der Waals surface area contributed by atoms with Crippen molar-refractivity contribution in [3.8, 4) is 10.6 Å². The van der Waals surface area contributed by atoms with Gasteiger partial charge in [-0.25, -0.2) is 4.98 Å². The lowest BCUT2D eigenvalue weighted by Crippen LogP contribution is -1.76. The minimum absolute atomic E-state index is 1.10. The molecule has 3 aromatic heterocycles. The molecule has 0 fully saturated rings. The highest BCUT2D eigenvalue weighted by Gasteiger charge is 2.21. The van der Waals surface area contributed by atoms with E-state index in [1.807, 2.05) is 34.0 Å². The van der Waals surface area contributed by atoms with Gasteiger partial charge in [-0.1, -0.05) is 66.7 Å². The Morgan fingerprint density at radius 2 is 1.14 bits per heavy atom. The van der Waals surface area contributed by atoms with Crippen molar-refractivity contribution in [2.45, 2.75) is 0 Å². The van der Waals surface area contributed by atoms with E-state index >= 15 is 0 Å². The third-order valence-corrected chi connectivity index (χ3v) is 9.14. The van der Waals surface area contributed by atoms with Crippen molar-refractivity contribution in [2.75, 3.05) is 0 Å². The van der Waals surface area contributed by atoms with Crippen LogP contribution in [0.25, 0.3) is 61.1 Å². The van der Waals surface area contributed by atoms with Crippen molar-refractivity contribution >= 4 is 84.6 Å². The molecule has 4 heteroatoms. The summed E-state index contributed by atoms with van der Waals surface area (Å²) < 4.78 is 6.75. The van der Waals surface area contributed by atoms with Crippen molar-refractivity contribution in [3.63, 3.8) is 0 Å². The van der Waals surface area contributed by atoms with Crippen LogP contribution in [0.5, 0.6) is 0 Å². The number of thiazole rings is 1. The van der Waals surface area contributed by atoms with Crippen LogP contribution >= 0.6 is 34.0 Å². The highest BCUT2D eigenvalue weighted by atomic mass is 32.1. The zero-order chi connectivity index (χ0) is 18.9. The number of fused-ring (bicyclic) bond motifs is 10. The van der Waals surface area contributed by atoms with E-state index in [4.69, 9.17) is 4.98 Å². The second-order valence-electron chi connectivity index (χ2n) is 7.17. The Kier molecular flexibility index (Phi) is 3.25. The van der Waals surface area contributed by atoms with Crippen LogP contribution in [0.2, 0.25) is 0 Å². The minimum atomic E-state index is 1.10. The molecule has 1 nitrogen and oxygen atoms in total. The maximum atomic E-state index is 5.19. The second-order valence-corrected chi connectivity index (χ2v) is 10.3. The number of hydrogen-bond donors (Lipinski definition) is 0. The smallest absolute Gasteiger partial charge is 0.124 e. The number of benzene rings is 4. The number of thiophene rings is 2. The van der Waals surface area contributed by atoms with Crippen molar-refractivity contribution < 1.29 is 0 Å². The monoisotopic (exact) mass is 423 g/mol. The molecule has 0 spiro atoms. The van der Waals surface area contributed by atoms with Gasteiger partial charge in [0.15, 0.2) is 0 Å². The Morgan fingerprint density at radius 3 is 1.90 bits per heavy atom. The predicted molar refractivity (Wildman–Crippen MR) is 131 cm³/mol. The largest absolute Gasteiger partial charge is 0.235 e. The second kappa shape index (κ2) is 5.86. The lowest BCUT2D eigenvalue weighted by molar-refractivity contribution is 1.49. The Bertz CT molecular complexity index is 1700. The number of aromatic nitrogens is 1. The molecule has 3 heterocycles. The van der Waals surface area contributed by atoms with Gasteiger partial charge in [0.1, 0.15) is 5.01 Å². The molecular formula is C25H13NS3. The quantitative estimate of drug-likeness (QED) is 0.257. The van der Waals surface area contributed by atoms with Gasteiger partial charge in [-0.05, 0) is 12.1 Å². The zero-order valence-electron chi connectivity index (χ0n) is 15.2. The Labute approximate surface area is 178 Å². The van der Waals surface area contributed by atoms with E-state index < -0.39 is 0 Å². The van der Waals surface area contributed by atoms with Crippen LogP contribution in [0.15, 0.2) is 78.9 Å². The summed E-state index contributed by atoms with van der Waals surface area (Å²) in [5, 5.41) is 6.50. The molecule has 7 rings (SSSR count). The third-order valence-electron chi connectivity index (χ3n) is 5.51. The molecule has 29 heavy (non-hydrogen) atoms. The third kappa shape index (κ3) is 2.16. The first kappa shape index (κ1) is 16.1. The summed E-state index contributed by atoms with van der Waals surface area (Å²) in [7, 11) is 0. The molecule has 0 unspecified atom stereocenters. The molecule has 0 radical (unpaired) electrons. The van der Waals surface area contributed by atoms with Crippen molar-refractivity contribution in [1.29, 1.82) is 0 Å². The summed E-state index contributed by atoms with van der Waals surface area (Å²) >= 11 is 5.63. The van der Waals surface area contributed by atoms with Crippen LogP contribution in [0.1, 0.15) is 0 Å². The SMILES string of the molecule is c1ccc(-c2nc3c(s2)c2sc4ccccc4c2c2sc4ccccc4c32)cc1. The summed E-state index contributed by atoms with van der Waals surface area (Å²) in [5.41, 5.74) is 2.34. The summed E-state index contributed by atoms with van der Waals surface area (Å²) in [6.45, 7) is 0. The lowest BCUT2D eigenvalue weighted by Gasteiger charge is -1.98. The van der Waals surface area contributed by atoms with Crippen LogP contribution in [0.4, 0.5) is 0 Å². The molecule has 0 saturated heterocycles. The summed E-state index contributed by atoms with van der Waals surface area (Å²) in [6.07, 6.45) is 0. The number of hydrogen-bond acceptors (Lipinski definition) is 4. The van der Waals surface area contributed by atoms with Crippen molar-refractivity contribution in [1.82, 2.24) is 4.98 Å². The maximum Gasteiger partial charge on any atom is 0.124 e. The van der Waals surface area contributed by atoms with Crippen LogP contribution < -0.4 is 0 Å². The van der Waals surface area contributed by atoms with Crippen molar-refractivity contribution in [3.05, 3.63) is 78.9 Å². The number of rotatable bonds is 1. The van der Waals surface area contributed by atoms with E-state index in [0.717, 1.165) is 10.5 Å². The molecule has 4 aromatic carbocycles. The van der Waals surface area contributed by atoms with Gasteiger partial charge in [-0.3, -0.25) is 0 Å². The first-order valence-electron chi connectivity index (χ1n) is 9.49. The average molecular weight is 424 g/mol. The fourth-order valence-corrected chi connectivity index (χ4v) is 7.99. The molecule has 0 amide bonds. The van der Waals surface area contributed by atoms with Crippen LogP contribution in [-0.4, -0.2) is 4.98 Å².